The molecule has 0 saturated heterocycles. The van der Waals surface area contributed by atoms with Gasteiger partial charge in [-0.15, -0.1) is 0 Å². The molecule has 0 aromatic heterocycles. The summed E-state index contributed by atoms with van der Waals surface area (Å²) >= 11 is 0. The maximum absolute atomic E-state index is 11.6. The van der Waals surface area contributed by atoms with Gasteiger partial charge in [-0.2, -0.15) is 0 Å². The van der Waals surface area contributed by atoms with Crippen molar-refractivity contribution in [3.8, 4) is 0 Å². The van der Waals surface area contributed by atoms with Crippen molar-refractivity contribution in [2.45, 2.75) is 80.6 Å². The van der Waals surface area contributed by atoms with Crippen LogP contribution in [0.2, 0.25) is 0 Å². The molecule has 0 aromatic rings. The van der Waals surface area contributed by atoms with Crippen LogP contribution in [-0.4, -0.2) is 11.6 Å². The van der Waals surface area contributed by atoms with E-state index in [0.29, 0.717) is 23.0 Å². The molecular formula is C23H36O2. The monoisotopic (exact) mass is 344 g/mol. The highest BCUT2D eigenvalue weighted by Gasteiger charge is 2.61. The van der Waals surface area contributed by atoms with Gasteiger partial charge in [0, 0.05) is 17.8 Å². The summed E-state index contributed by atoms with van der Waals surface area (Å²) in [5, 5.41) is 0. The zero-order valence-electron chi connectivity index (χ0n) is 17.2. The van der Waals surface area contributed by atoms with E-state index in [1.807, 2.05) is 0 Å². The molecule has 3 rings (SSSR count). The van der Waals surface area contributed by atoms with E-state index in [1.165, 1.54) is 24.8 Å². The Morgan fingerprint density at radius 3 is 2.16 bits per heavy atom. The highest BCUT2D eigenvalue weighted by molar-refractivity contribution is 5.89. The maximum Gasteiger partial charge on any atom is 0.152 e. The van der Waals surface area contributed by atoms with Crippen LogP contribution < -0.4 is 0 Å². The van der Waals surface area contributed by atoms with Gasteiger partial charge in [-0.25, -0.2) is 0 Å². The summed E-state index contributed by atoms with van der Waals surface area (Å²) < 4.78 is 0. The number of allylic oxidation sites excluding steroid dienone is 4. The fourth-order valence-electron chi connectivity index (χ4n) is 5.12. The minimum Gasteiger partial charge on any atom is -0.299 e. The molecule has 3 aliphatic rings. The standard InChI is InChI=1S/C13H20O.C10H16O/c1-10-6-5-9-13(3,4)12(10)8-7-11(2)14;1-9(2)7-4-5-10(9,3)8(11)6-7/h6-8,12H,5,9H2,1-4H3;7H,4-6H2,1-3H3/b8-7+;. The Kier molecular flexibility index (Phi) is 5.52. The van der Waals surface area contributed by atoms with Gasteiger partial charge < -0.3 is 0 Å². The molecule has 3 atom stereocenters. The van der Waals surface area contributed by atoms with Gasteiger partial charge in [-0.1, -0.05) is 52.3 Å². The molecule has 25 heavy (non-hydrogen) atoms. The molecule has 3 unspecified atom stereocenters. The summed E-state index contributed by atoms with van der Waals surface area (Å²) in [5.41, 5.74) is 2.01. The number of ketones is 2. The topological polar surface area (TPSA) is 34.1 Å². The third kappa shape index (κ3) is 3.68. The summed E-state index contributed by atoms with van der Waals surface area (Å²) in [4.78, 5) is 22.5. The molecule has 0 spiro atoms. The zero-order valence-corrected chi connectivity index (χ0v) is 17.2. The molecular weight excluding hydrogens is 308 g/mol. The summed E-state index contributed by atoms with van der Waals surface area (Å²) in [5.74, 6) is 1.76. The zero-order chi connectivity index (χ0) is 19.0. The molecule has 2 nitrogen and oxygen atoms in total. The first-order chi connectivity index (χ1) is 11.4. The lowest BCUT2D eigenvalue weighted by molar-refractivity contribution is -0.128. The second-order valence-corrected chi connectivity index (χ2v) is 9.84. The highest BCUT2D eigenvalue weighted by atomic mass is 16.1. The molecule has 3 aliphatic carbocycles. The Labute approximate surface area is 154 Å². The van der Waals surface area contributed by atoms with Crippen LogP contribution in [0.3, 0.4) is 0 Å². The lowest BCUT2D eigenvalue weighted by atomic mass is 9.68. The number of carbonyl (C=O) groups excluding carboxylic acids is 2. The van der Waals surface area contributed by atoms with Crippen LogP contribution >= 0.6 is 0 Å². The van der Waals surface area contributed by atoms with E-state index in [4.69, 9.17) is 0 Å². The van der Waals surface area contributed by atoms with E-state index in [-0.39, 0.29) is 16.6 Å². The third-order valence-electron chi connectivity index (χ3n) is 7.59. The summed E-state index contributed by atoms with van der Waals surface area (Å²) in [6, 6.07) is 0. The van der Waals surface area contributed by atoms with Gasteiger partial charge in [-0.3, -0.25) is 9.59 Å². The van der Waals surface area contributed by atoms with Crippen LogP contribution in [0.25, 0.3) is 0 Å². The van der Waals surface area contributed by atoms with Crippen molar-refractivity contribution in [1.29, 1.82) is 0 Å². The lowest BCUT2D eigenvalue weighted by Gasteiger charge is -2.36. The normalized spacial score (nSPS) is 35.3. The van der Waals surface area contributed by atoms with Crippen LogP contribution in [0.4, 0.5) is 0 Å². The smallest absolute Gasteiger partial charge is 0.152 e. The Balaban J connectivity index is 0.000000185. The number of rotatable bonds is 2. The Bertz CT molecular complexity index is 606. The first-order valence-corrected chi connectivity index (χ1v) is 9.80. The molecule has 2 fully saturated rings. The van der Waals surface area contributed by atoms with Crippen molar-refractivity contribution in [3.63, 3.8) is 0 Å². The number of Topliss-reactive ketones (excluding diaryl/α,β-unsaturated/α-hetero) is 1. The van der Waals surface area contributed by atoms with E-state index in [0.717, 1.165) is 12.8 Å². The maximum atomic E-state index is 11.6. The van der Waals surface area contributed by atoms with Crippen LogP contribution in [-0.2, 0) is 9.59 Å². The quantitative estimate of drug-likeness (QED) is 0.460. The molecule has 0 radical (unpaired) electrons. The van der Waals surface area contributed by atoms with E-state index < -0.39 is 0 Å². The summed E-state index contributed by atoms with van der Waals surface area (Å²) in [7, 11) is 0. The van der Waals surface area contributed by atoms with E-state index in [2.05, 4.69) is 53.7 Å². The molecule has 2 saturated carbocycles. The van der Waals surface area contributed by atoms with Gasteiger partial charge >= 0.3 is 0 Å². The van der Waals surface area contributed by atoms with Crippen molar-refractivity contribution in [1.82, 2.24) is 0 Å². The lowest BCUT2D eigenvalue weighted by Crippen LogP contribution is -2.32. The second kappa shape index (κ2) is 6.85. The van der Waals surface area contributed by atoms with Crippen molar-refractivity contribution in [3.05, 3.63) is 23.8 Å². The van der Waals surface area contributed by atoms with Gasteiger partial charge in [0.2, 0.25) is 0 Å². The Morgan fingerprint density at radius 2 is 1.80 bits per heavy atom. The predicted molar refractivity (Wildman–Crippen MR) is 104 cm³/mol. The van der Waals surface area contributed by atoms with Crippen molar-refractivity contribution in [2.75, 3.05) is 0 Å². The van der Waals surface area contributed by atoms with Gasteiger partial charge in [-0.05, 0) is 62.4 Å². The van der Waals surface area contributed by atoms with Crippen LogP contribution in [0.1, 0.15) is 80.6 Å². The van der Waals surface area contributed by atoms with E-state index >= 15 is 0 Å². The molecule has 2 bridgehead atoms. The predicted octanol–water partition coefficient (Wildman–Crippen LogP) is 5.92. The summed E-state index contributed by atoms with van der Waals surface area (Å²) in [6.45, 7) is 15.0. The first kappa shape index (κ1) is 20.1. The van der Waals surface area contributed by atoms with E-state index in [1.54, 1.807) is 13.0 Å². The van der Waals surface area contributed by atoms with Gasteiger partial charge in [0.1, 0.15) is 5.78 Å². The number of carbonyl (C=O) groups is 2. The minimum absolute atomic E-state index is 0.0255. The third-order valence-corrected chi connectivity index (χ3v) is 7.59. The van der Waals surface area contributed by atoms with Gasteiger partial charge in [0.05, 0.1) is 0 Å². The molecule has 0 N–H and O–H groups in total. The fraction of sp³-hybridized carbons (Fsp3) is 0.739. The molecule has 0 amide bonds. The molecule has 0 aliphatic heterocycles. The van der Waals surface area contributed by atoms with Crippen LogP contribution in [0.15, 0.2) is 23.8 Å². The minimum atomic E-state index is 0.0255. The first-order valence-electron chi connectivity index (χ1n) is 9.80. The largest absolute Gasteiger partial charge is 0.299 e. The molecule has 0 heterocycles. The molecule has 0 aromatic carbocycles. The Morgan fingerprint density at radius 1 is 1.16 bits per heavy atom. The highest BCUT2D eigenvalue weighted by Crippen LogP contribution is 2.63. The van der Waals surface area contributed by atoms with Crippen molar-refractivity contribution < 1.29 is 9.59 Å². The average Bonchev–Trinajstić information content (AvgIpc) is 2.79. The fourth-order valence-corrected chi connectivity index (χ4v) is 5.12. The molecule has 140 valence electrons. The van der Waals surface area contributed by atoms with E-state index in [9.17, 15) is 9.59 Å². The average molecular weight is 345 g/mol. The summed E-state index contributed by atoms with van der Waals surface area (Å²) in [6.07, 6.45) is 11.7. The number of hydrogen-bond donors (Lipinski definition) is 0. The van der Waals surface area contributed by atoms with Crippen molar-refractivity contribution in [2.24, 2.45) is 28.1 Å². The number of fused-ring (bicyclic) bond motifs is 2. The van der Waals surface area contributed by atoms with Crippen LogP contribution in [0.5, 0.6) is 0 Å². The Hall–Kier alpha value is -1.18. The number of hydrogen-bond acceptors (Lipinski definition) is 2. The SMILES string of the molecule is CC(=O)/C=C/C1C(C)=CCCC1(C)C.CC12CCC(CC1=O)C2(C)C. The van der Waals surface area contributed by atoms with Crippen molar-refractivity contribution >= 4 is 11.6 Å². The van der Waals surface area contributed by atoms with Crippen LogP contribution in [0, 0.1) is 28.1 Å². The van der Waals surface area contributed by atoms with Gasteiger partial charge in [0.25, 0.3) is 0 Å². The second-order valence-electron chi connectivity index (χ2n) is 9.84. The van der Waals surface area contributed by atoms with Gasteiger partial charge in [0.15, 0.2) is 5.78 Å². The molecule has 2 heteroatoms.